The van der Waals surface area contributed by atoms with Crippen molar-refractivity contribution >= 4 is 0 Å². The fourth-order valence-electron chi connectivity index (χ4n) is 0.654. The number of ether oxygens (including phenoxy) is 3. The molecular formula is C7H12O3. The zero-order valence-electron chi connectivity index (χ0n) is 6.08. The number of terminal acetylenes is 1. The van der Waals surface area contributed by atoms with Gasteiger partial charge in [-0.3, -0.25) is 0 Å². The lowest BCUT2D eigenvalue weighted by molar-refractivity contribution is 0.0177. The molecule has 0 aromatic heterocycles. The second-order valence-corrected chi connectivity index (χ2v) is 1.73. The van der Waals surface area contributed by atoms with Crippen molar-refractivity contribution in [2.75, 3.05) is 27.1 Å². The maximum atomic E-state index is 5.05. The monoisotopic (exact) mass is 144 g/mol. The molecule has 0 spiro atoms. The van der Waals surface area contributed by atoms with E-state index < -0.39 is 0 Å². The fourth-order valence-corrected chi connectivity index (χ4v) is 0.654. The van der Waals surface area contributed by atoms with E-state index in [4.69, 9.17) is 14.2 Å². The summed E-state index contributed by atoms with van der Waals surface area (Å²) < 4.78 is 14.8. The second-order valence-electron chi connectivity index (χ2n) is 1.73. The van der Waals surface area contributed by atoms with E-state index in [0.717, 1.165) is 0 Å². The summed E-state index contributed by atoms with van der Waals surface area (Å²) in [5.41, 5.74) is 0. The summed E-state index contributed by atoms with van der Waals surface area (Å²) in [5, 5.41) is 0. The number of rotatable bonds is 2. The molecular weight excluding hydrogens is 132 g/mol. The molecule has 10 heavy (non-hydrogen) atoms. The summed E-state index contributed by atoms with van der Waals surface area (Å²) in [6, 6.07) is 0. The van der Waals surface area contributed by atoms with E-state index in [1.165, 1.54) is 0 Å². The number of hydrogen-bond acceptors (Lipinski definition) is 3. The van der Waals surface area contributed by atoms with E-state index in [0.29, 0.717) is 20.0 Å². The Morgan fingerprint density at radius 2 is 2.30 bits per heavy atom. The van der Waals surface area contributed by atoms with E-state index in [-0.39, 0.29) is 6.10 Å². The fraction of sp³-hybridized carbons (Fsp3) is 0.714. The molecule has 0 radical (unpaired) electrons. The molecule has 0 N–H and O–H groups in total. The zero-order valence-corrected chi connectivity index (χ0v) is 6.08. The lowest BCUT2D eigenvalue weighted by Gasteiger charge is -2.02. The highest BCUT2D eigenvalue weighted by molar-refractivity contribution is 4.56. The van der Waals surface area contributed by atoms with Crippen LogP contribution in [0.1, 0.15) is 0 Å². The quantitative estimate of drug-likeness (QED) is 0.520. The minimum Gasteiger partial charge on any atom is -0.382 e. The number of hydrogen-bond donors (Lipinski definition) is 0. The zero-order chi connectivity index (χ0) is 7.82. The van der Waals surface area contributed by atoms with Crippen LogP contribution in [0.3, 0.4) is 0 Å². The van der Waals surface area contributed by atoms with Crippen LogP contribution in [-0.2, 0) is 14.2 Å². The molecule has 1 saturated heterocycles. The van der Waals surface area contributed by atoms with Gasteiger partial charge in [0.05, 0.1) is 13.2 Å². The average Bonchev–Trinajstić information content (AvgIpc) is 2.46. The van der Waals surface area contributed by atoms with E-state index in [1.54, 1.807) is 7.11 Å². The Hall–Kier alpha value is -0.560. The molecule has 1 heterocycles. The number of methoxy groups -OCH3 is 1. The summed E-state index contributed by atoms with van der Waals surface area (Å²) in [6.07, 6.45) is 8.17. The minimum atomic E-state index is 0.167. The first-order valence-electron chi connectivity index (χ1n) is 2.95. The van der Waals surface area contributed by atoms with Crippen LogP contribution in [-0.4, -0.2) is 33.2 Å². The predicted octanol–water partition coefficient (Wildman–Crippen LogP) is 0.255. The first-order valence-corrected chi connectivity index (χ1v) is 2.95. The van der Waals surface area contributed by atoms with E-state index in [1.807, 2.05) is 0 Å². The standard InChI is InChI=1S/C5H10O3.C2H2/c1-6-2-5-3-7-4-8-5;1-2/h5H,2-4H2,1H3;1-2H. The molecule has 0 aliphatic carbocycles. The third kappa shape index (κ3) is 3.46. The van der Waals surface area contributed by atoms with Gasteiger partial charge in [-0.25, -0.2) is 0 Å². The van der Waals surface area contributed by atoms with Crippen LogP contribution in [0.4, 0.5) is 0 Å². The molecule has 1 fully saturated rings. The molecule has 3 heteroatoms. The predicted molar refractivity (Wildman–Crippen MR) is 37.5 cm³/mol. The maximum Gasteiger partial charge on any atom is 0.147 e. The van der Waals surface area contributed by atoms with Gasteiger partial charge < -0.3 is 14.2 Å². The summed E-state index contributed by atoms with van der Waals surface area (Å²) in [6.45, 7) is 1.74. The second kappa shape index (κ2) is 6.56. The van der Waals surface area contributed by atoms with Crippen LogP contribution in [0, 0.1) is 12.8 Å². The van der Waals surface area contributed by atoms with Crippen LogP contribution in [0.25, 0.3) is 0 Å². The molecule has 0 aromatic rings. The summed E-state index contributed by atoms with van der Waals surface area (Å²) in [4.78, 5) is 0. The Balaban J connectivity index is 0.000000371. The van der Waals surface area contributed by atoms with E-state index in [9.17, 15) is 0 Å². The van der Waals surface area contributed by atoms with Crippen molar-refractivity contribution in [3.63, 3.8) is 0 Å². The molecule has 1 aliphatic heterocycles. The molecule has 0 aromatic carbocycles. The molecule has 1 rings (SSSR count). The molecule has 1 atom stereocenters. The Kier molecular flexibility index (Phi) is 6.19. The highest BCUT2D eigenvalue weighted by Gasteiger charge is 2.14. The van der Waals surface area contributed by atoms with Crippen LogP contribution in [0.15, 0.2) is 0 Å². The average molecular weight is 144 g/mol. The third-order valence-electron chi connectivity index (χ3n) is 1.04. The Morgan fingerprint density at radius 1 is 1.60 bits per heavy atom. The van der Waals surface area contributed by atoms with Crippen molar-refractivity contribution in [3.05, 3.63) is 0 Å². The van der Waals surface area contributed by atoms with Gasteiger partial charge in [-0.15, -0.1) is 12.8 Å². The Morgan fingerprint density at radius 3 is 2.70 bits per heavy atom. The van der Waals surface area contributed by atoms with Gasteiger partial charge in [0.25, 0.3) is 0 Å². The van der Waals surface area contributed by atoms with Gasteiger partial charge in [0.2, 0.25) is 0 Å². The van der Waals surface area contributed by atoms with Crippen LogP contribution in [0.5, 0.6) is 0 Å². The maximum absolute atomic E-state index is 5.05. The molecule has 0 amide bonds. The van der Waals surface area contributed by atoms with Gasteiger partial charge in [-0.1, -0.05) is 0 Å². The van der Waals surface area contributed by atoms with E-state index >= 15 is 0 Å². The molecule has 0 bridgehead atoms. The van der Waals surface area contributed by atoms with Crippen molar-refractivity contribution in [1.82, 2.24) is 0 Å². The van der Waals surface area contributed by atoms with Gasteiger partial charge in [-0.05, 0) is 0 Å². The van der Waals surface area contributed by atoms with Crippen LogP contribution < -0.4 is 0 Å². The molecule has 3 nitrogen and oxygen atoms in total. The van der Waals surface area contributed by atoms with Crippen molar-refractivity contribution < 1.29 is 14.2 Å². The lowest BCUT2D eigenvalue weighted by Crippen LogP contribution is -2.15. The van der Waals surface area contributed by atoms with Gasteiger partial charge >= 0.3 is 0 Å². The van der Waals surface area contributed by atoms with Gasteiger partial charge in [0, 0.05) is 7.11 Å². The topological polar surface area (TPSA) is 27.7 Å². The molecule has 0 saturated carbocycles. The molecule has 58 valence electrons. The van der Waals surface area contributed by atoms with Crippen molar-refractivity contribution in [2.45, 2.75) is 6.10 Å². The Labute approximate surface area is 61.3 Å². The highest BCUT2D eigenvalue weighted by Crippen LogP contribution is 2.01. The third-order valence-corrected chi connectivity index (χ3v) is 1.04. The minimum absolute atomic E-state index is 0.167. The van der Waals surface area contributed by atoms with Crippen molar-refractivity contribution in [2.24, 2.45) is 0 Å². The largest absolute Gasteiger partial charge is 0.382 e. The van der Waals surface area contributed by atoms with E-state index in [2.05, 4.69) is 12.8 Å². The SMILES string of the molecule is C#C.COCC1COCO1. The molecule has 1 aliphatic rings. The van der Waals surface area contributed by atoms with Crippen LogP contribution in [0.2, 0.25) is 0 Å². The summed E-state index contributed by atoms with van der Waals surface area (Å²) >= 11 is 0. The van der Waals surface area contributed by atoms with Gasteiger partial charge in [0.1, 0.15) is 12.9 Å². The lowest BCUT2D eigenvalue weighted by atomic mass is 10.4. The summed E-state index contributed by atoms with van der Waals surface area (Å²) in [5.74, 6) is 0. The summed E-state index contributed by atoms with van der Waals surface area (Å²) in [7, 11) is 1.65. The Bertz CT molecular complexity index is 84.1. The van der Waals surface area contributed by atoms with Crippen molar-refractivity contribution in [1.29, 1.82) is 0 Å². The smallest absolute Gasteiger partial charge is 0.147 e. The first-order chi connectivity index (χ1) is 4.93. The van der Waals surface area contributed by atoms with Gasteiger partial charge in [-0.2, -0.15) is 0 Å². The molecule has 1 unspecified atom stereocenters. The van der Waals surface area contributed by atoms with Gasteiger partial charge in [0.15, 0.2) is 0 Å². The first kappa shape index (κ1) is 9.44. The van der Waals surface area contributed by atoms with Crippen LogP contribution >= 0.6 is 0 Å². The highest BCUT2D eigenvalue weighted by atomic mass is 16.7. The normalized spacial score (nSPS) is 23.3. The van der Waals surface area contributed by atoms with Crippen molar-refractivity contribution in [3.8, 4) is 12.8 Å².